The second-order valence-electron chi connectivity index (χ2n) is 5.55. The fourth-order valence-electron chi connectivity index (χ4n) is 2.35. The highest BCUT2D eigenvalue weighted by Crippen LogP contribution is 2.49. The molecule has 2 aromatic rings. The molecule has 0 fully saturated rings. The minimum atomic E-state index is -0.618. The van der Waals surface area contributed by atoms with Crippen LogP contribution in [0.2, 0.25) is 0 Å². The molecule has 0 radical (unpaired) electrons. The lowest BCUT2D eigenvalue weighted by Gasteiger charge is -2.04. The summed E-state index contributed by atoms with van der Waals surface area (Å²) in [4.78, 5) is 24.7. The zero-order valence-electron chi connectivity index (χ0n) is 15.3. The van der Waals surface area contributed by atoms with Gasteiger partial charge in [0.1, 0.15) is 9.81 Å². The van der Waals surface area contributed by atoms with Crippen molar-refractivity contribution in [2.24, 2.45) is 0 Å². The Balaban J connectivity index is 1.88. The normalized spacial score (nSPS) is 13.2. The van der Waals surface area contributed by atoms with Gasteiger partial charge in [0.25, 0.3) is 0 Å². The van der Waals surface area contributed by atoms with Gasteiger partial charge in [0, 0.05) is 6.08 Å². The number of aromatic hydroxyl groups is 1. The number of ether oxygens (including phenoxy) is 2. The van der Waals surface area contributed by atoms with E-state index < -0.39 is 11.9 Å². The van der Waals surface area contributed by atoms with E-state index in [0.717, 1.165) is 29.1 Å². The zero-order chi connectivity index (χ0) is 21.0. The molecule has 2 heterocycles. The van der Waals surface area contributed by atoms with Crippen molar-refractivity contribution in [2.75, 3.05) is 14.2 Å². The van der Waals surface area contributed by atoms with Crippen LogP contribution in [-0.4, -0.2) is 35.8 Å². The monoisotopic (exact) mass is 465 g/mol. The number of thiazole rings is 1. The van der Waals surface area contributed by atoms with E-state index in [9.17, 15) is 14.7 Å². The van der Waals surface area contributed by atoms with E-state index in [1.54, 1.807) is 10.6 Å². The van der Waals surface area contributed by atoms with Gasteiger partial charge < -0.3 is 14.6 Å². The average molecular weight is 466 g/mol. The Hall–Kier alpha value is -2.23. The molecule has 0 amide bonds. The van der Waals surface area contributed by atoms with Crippen LogP contribution in [0.4, 0.5) is 0 Å². The highest BCUT2D eigenvalue weighted by Gasteiger charge is 2.32. The molecule has 1 aliphatic rings. The second-order valence-corrected chi connectivity index (χ2v) is 9.52. The number of hydrogen-bond acceptors (Lipinski definition) is 9. The first-order valence-electron chi connectivity index (χ1n) is 8.14. The molecule has 150 valence electrons. The van der Waals surface area contributed by atoms with Gasteiger partial charge in [-0.15, -0.1) is 11.3 Å². The first-order chi connectivity index (χ1) is 13.9. The van der Waals surface area contributed by atoms with Crippen LogP contribution in [0, 0.1) is 3.95 Å². The fraction of sp³-hybridized carbons (Fsp3) is 0.158. The Morgan fingerprint density at radius 3 is 2.28 bits per heavy atom. The maximum absolute atomic E-state index is 11.9. The van der Waals surface area contributed by atoms with Crippen LogP contribution in [0.15, 0.2) is 50.1 Å². The summed E-state index contributed by atoms with van der Waals surface area (Å²) in [5, 5.41) is 10.6. The van der Waals surface area contributed by atoms with E-state index in [0.29, 0.717) is 19.6 Å². The third-order valence-electron chi connectivity index (χ3n) is 3.74. The molecule has 1 N–H and O–H groups in total. The highest BCUT2D eigenvalue weighted by molar-refractivity contribution is 8.29. The lowest BCUT2D eigenvalue weighted by molar-refractivity contribution is -0.138. The zero-order valence-corrected chi connectivity index (χ0v) is 18.6. The number of methoxy groups -OCH3 is 2. The van der Waals surface area contributed by atoms with Gasteiger partial charge in [0.2, 0.25) is 5.88 Å². The van der Waals surface area contributed by atoms with E-state index >= 15 is 0 Å². The van der Waals surface area contributed by atoms with E-state index in [1.165, 1.54) is 25.6 Å². The molecule has 0 aliphatic carbocycles. The van der Waals surface area contributed by atoms with Crippen LogP contribution < -0.4 is 0 Å². The van der Waals surface area contributed by atoms with Crippen molar-refractivity contribution < 1.29 is 24.2 Å². The average Bonchev–Trinajstić information content (AvgIpc) is 3.28. The topological polar surface area (TPSA) is 77.8 Å². The number of carbonyl (C=O) groups excluding carboxylic acids is 2. The lowest BCUT2D eigenvalue weighted by atomic mass is 10.2. The third kappa shape index (κ3) is 4.85. The number of nitrogens with zero attached hydrogens (tertiary/aromatic N) is 1. The molecule has 0 spiro atoms. The summed E-state index contributed by atoms with van der Waals surface area (Å²) >= 11 is 8.75. The number of benzene rings is 1. The van der Waals surface area contributed by atoms with Crippen LogP contribution in [0.5, 0.6) is 5.88 Å². The van der Waals surface area contributed by atoms with Gasteiger partial charge in [0.15, 0.2) is 3.95 Å². The van der Waals surface area contributed by atoms with Crippen LogP contribution in [0.25, 0.3) is 6.08 Å². The molecule has 0 unspecified atom stereocenters. The Morgan fingerprint density at radius 2 is 1.72 bits per heavy atom. The molecule has 1 aromatic heterocycles. The van der Waals surface area contributed by atoms with Crippen LogP contribution in [0.1, 0.15) is 10.4 Å². The molecule has 0 atom stereocenters. The quantitative estimate of drug-likeness (QED) is 0.392. The largest absolute Gasteiger partial charge is 0.493 e. The Bertz CT molecular complexity index is 1080. The van der Waals surface area contributed by atoms with Gasteiger partial charge in [-0.05, 0) is 17.8 Å². The van der Waals surface area contributed by atoms with Crippen LogP contribution >= 0.6 is 47.1 Å². The van der Waals surface area contributed by atoms with Gasteiger partial charge in [-0.1, -0.05) is 59.6 Å². The molecular weight excluding hydrogens is 450 g/mol. The van der Waals surface area contributed by atoms with Crippen molar-refractivity contribution in [2.45, 2.75) is 6.54 Å². The minimum Gasteiger partial charge on any atom is -0.493 e. The molecule has 0 bridgehead atoms. The smallest absolute Gasteiger partial charge is 0.346 e. The summed E-state index contributed by atoms with van der Waals surface area (Å²) in [7, 11) is 2.49. The minimum absolute atomic E-state index is 0.0410. The Morgan fingerprint density at radius 1 is 1.14 bits per heavy atom. The van der Waals surface area contributed by atoms with E-state index in [-0.39, 0.29) is 15.7 Å². The molecule has 0 saturated carbocycles. The van der Waals surface area contributed by atoms with Crippen molar-refractivity contribution in [1.82, 2.24) is 4.57 Å². The summed E-state index contributed by atoms with van der Waals surface area (Å²) in [6.07, 6.45) is 1.59. The standard InChI is InChI=1S/C19H15NO5S4/c1-24-17(22)14-15(18(23)25-2)29-13(28-14)9-8-12-16(21)20(19(26)27-12)10-11-6-4-3-5-7-11/h3-8,21H,10H2,1-2H3. The molecule has 10 heteroatoms. The summed E-state index contributed by atoms with van der Waals surface area (Å²) in [6.45, 7) is 0.455. The van der Waals surface area contributed by atoms with Crippen molar-refractivity contribution >= 4 is 65.1 Å². The van der Waals surface area contributed by atoms with E-state index in [4.69, 9.17) is 21.7 Å². The summed E-state index contributed by atoms with van der Waals surface area (Å²) in [5.41, 5.74) is 4.03. The van der Waals surface area contributed by atoms with Crippen molar-refractivity contribution in [3.05, 3.63) is 64.5 Å². The first-order valence-corrected chi connectivity index (χ1v) is 11.0. The molecule has 0 saturated heterocycles. The second kappa shape index (κ2) is 9.51. The molecule has 3 rings (SSSR count). The lowest BCUT2D eigenvalue weighted by Crippen LogP contribution is -2.08. The predicted octanol–water partition coefficient (Wildman–Crippen LogP) is 4.52. The van der Waals surface area contributed by atoms with E-state index in [1.807, 2.05) is 30.3 Å². The van der Waals surface area contributed by atoms with Gasteiger partial charge in [-0.25, -0.2) is 9.59 Å². The number of carbonyl (C=O) groups is 2. The maximum Gasteiger partial charge on any atom is 0.346 e. The fourth-order valence-corrected chi connectivity index (χ4v) is 5.75. The summed E-state index contributed by atoms with van der Waals surface area (Å²) in [6, 6.07) is 9.68. The van der Waals surface area contributed by atoms with Gasteiger partial charge >= 0.3 is 11.9 Å². The Labute approximate surface area is 184 Å². The molecule has 1 aromatic carbocycles. The van der Waals surface area contributed by atoms with Gasteiger partial charge in [0.05, 0.1) is 29.9 Å². The number of esters is 2. The van der Waals surface area contributed by atoms with Gasteiger partial charge in [-0.2, -0.15) is 0 Å². The summed E-state index contributed by atoms with van der Waals surface area (Å²) in [5.74, 6) is -1.20. The van der Waals surface area contributed by atoms with E-state index in [2.05, 4.69) is 5.73 Å². The molecule has 1 aliphatic heterocycles. The van der Waals surface area contributed by atoms with Crippen molar-refractivity contribution in [3.63, 3.8) is 0 Å². The number of rotatable bonds is 5. The molecular formula is C19H15NO5S4. The van der Waals surface area contributed by atoms with Crippen molar-refractivity contribution in [3.8, 4) is 5.88 Å². The number of aromatic nitrogens is 1. The van der Waals surface area contributed by atoms with Crippen molar-refractivity contribution in [1.29, 1.82) is 0 Å². The highest BCUT2D eigenvalue weighted by atomic mass is 32.2. The Kier molecular flexibility index (Phi) is 7.05. The number of thioether (sulfide) groups is 2. The summed E-state index contributed by atoms with van der Waals surface area (Å²) < 4.78 is 12.2. The van der Waals surface area contributed by atoms with Crippen LogP contribution in [0.3, 0.4) is 0 Å². The predicted molar refractivity (Wildman–Crippen MR) is 118 cm³/mol. The molecule has 6 nitrogen and oxygen atoms in total. The molecule has 29 heavy (non-hydrogen) atoms. The third-order valence-corrected chi connectivity index (χ3v) is 7.51. The first kappa shape index (κ1) is 21.5. The SMILES string of the molecule is COC(=O)C1=C(C(=O)OC)SC(=C=Cc2sc(=S)n(Cc3ccccc3)c2O)S1. The number of hydrogen-bond donors (Lipinski definition) is 1. The maximum atomic E-state index is 11.9. The van der Waals surface area contributed by atoms with Crippen LogP contribution in [-0.2, 0) is 25.6 Å². The van der Waals surface area contributed by atoms with Gasteiger partial charge in [-0.3, -0.25) is 4.57 Å².